The average Bonchev–Trinajstić information content (AvgIpc) is 2.47. The minimum Gasteiger partial charge on any atom is -0.365 e. The van der Waals surface area contributed by atoms with Gasteiger partial charge in [-0.05, 0) is 44.5 Å². The summed E-state index contributed by atoms with van der Waals surface area (Å²) < 4.78 is 13.3. The van der Waals surface area contributed by atoms with E-state index in [4.69, 9.17) is 16.6 Å². The Kier molecular flexibility index (Phi) is 3.99. The lowest BCUT2D eigenvalue weighted by atomic mass is 10.0. The zero-order valence-electron chi connectivity index (χ0n) is 13.3. The predicted molar refractivity (Wildman–Crippen MR) is 95.5 cm³/mol. The van der Waals surface area contributed by atoms with E-state index < -0.39 is 0 Å². The van der Waals surface area contributed by atoms with E-state index in [1.807, 2.05) is 24.3 Å². The Balaban J connectivity index is 2.29. The first-order chi connectivity index (χ1) is 10.8. The highest BCUT2D eigenvalue weighted by atomic mass is 35.5. The zero-order valence-corrected chi connectivity index (χ0v) is 14.1. The fourth-order valence-corrected chi connectivity index (χ4v) is 2.86. The molecule has 0 unspecified atom stereocenters. The van der Waals surface area contributed by atoms with Gasteiger partial charge in [-0.25, -0.2) is 9.37 Å². The molecule has 3 rings (SSSR count). The van der Waals surface area contributed by atoms with Crippen LogP contribution in [0.5, 0.6) is 0 Å². The van der Waals surface area contributed by atoms with Gasteiger partial charge in [0.2, 0.25) is 0 Å². The first-order valence-electron chi connectivity index (χ1n) is 7.47. The Labute approximate surface area is 140 Å². The number of anilines is 1. The first-order valence-corrected chi connectivity index (χ1v) is 7.85. The molecule has 1 N–H and O–H groups in total. The molecule has 1 aromatic heterocycles. The van der Waals surface area contributed by atoms with Gasteiger partial charge in [-0.2, -0.15) is 0 Å². The molecule has 2 aromatic carbocycles. The maximum absolute atomic E-state index is 13.3. The second-order valence-electron chi connectivity index (χ2n) is 6.55. The molecule has 0 aliphatic rings. The molecule has 0 bridgehead atoms. The highest BCUT2D eigenvalue weighted by molar-refractivity contribution is 6.38. The average molecular weight is 329 g/mol. The molecule has 23 heavy (non-hydrogen) atoms. The summed E-state index contributed by atoms with van der Waals surface area (Å²) in [6, 6.07) is 14.1. The maximum atomic E-state index is 13.3. The minimum atomic E-state index is -0.274. The molecule has 0 spiro atoms. The molecule has 1 heterocycles. The topological polar surface area (TPSA) is 24.9 Å². The third-order valence-electron chi connectivity index (χ3n) is 3.46. The number of fused-ring (bicyclic) bond motifs is 1. The molecule has 0 aliphatic carbocycles. The molecule has 0 atom stereocenters. The molecule has 0 fully saturated rings. The second-order valence-corrected chi connectivity index (χ2v) is 6.93. The standard InChI is InChI=1S/C19H18ClFN2/c1-19(2,3)23-18-16(12-8-10-13(21)11-9-12)17(20)14-6-4-5-7-15(14)22-18/h4-11H,1-3H3,(H,22,23). The number of nitrogens with one attached hydrogen (secondary N) is 1. The third-order valence-corrected chi connectivity index (χ3v) is 3.85. The van der Waals surface area contributed by atoms with E-state index in [9.17, 15) is 4.39 Å². The quantitative estimate of drug-likeness (QED) is 0.633. The van der Waals surface area contributed by atoms with Crippen molar-refractivity contribution in [3.8, 4) is 11.1 Å². The molecule has 0 radical (unpaired) electrons. The summed E-state index contributed by atoms with van der Waals surface area (Å²) in [4.78, 5) is 4.73. The largest absolute Gasteiger partial charge is 0.365 e. The van der Waals surface area contributed by atoms with E-state index in [2.05, 4.69) is 26.1 Å². The first kappa shape index (κ1) is 15.8. The number of para-hydroxylation sites is 1. The molecule has 3 aromatic rings. The van der Waals surface area contributed by atoms with E-state index in [0.29, 0.717) is 10.8 Å². The molecule has 0 saturated carbocycles. The number of hydrogen-bond donors (Lipinski definition) is 1. The van der Waals surface area contributed by atoms with Crippen molar-refractivity contribution in [1.82, 2.24) is 4.98 Å². The Hall–Kier alpha value is -2.13. The molecule has 0 amide bonds. The van der Waals surface area contributed by atoms with Crippen LogP contribution in [0.25, 0.3) is 22.0 Å². The Morgan fingerprint density at radius 3 is 2.30 bits per heavy atom. The van der Waals surface area contributed by atoms with Gasteiger partial charge in [0, 0.05) is 16.5 Å². The molecular formula is C19H18ClFN2. The number of benzene rings is 2. The highest BCUT2D eigenvalue weighted by Gasteiger charge is 2.19. The van der Waals surface area contributed by atoms with Gasteiger partial charge in [0.1, 0.15) is 11.6 Å². The Bertz CT molecular complexity index is 852. The van der Waals surface area contributed by atoms with Crippen molar-refractivity contribution in [3.63, 3.8) is 0 Å². The van der Waals surface area contributed by atoms with Gasteiger partial charge in [-0.1, -0.05) is 41.9 Å². The van der Waals surface area contributed by atoms with Crippen LogP contribution >= 0.6 is 11.6 Å². The van der Waals surface area contributed by atoms with Crippen LogP contribution in [0.4, 0.5) is 10.2 Å². The van der Waals surface area contributed by atoms with E-state index in [-0.39, 0.29) is 11.4 Å². The van der Waals surface area contributed by atoms with Crippen LogP contribution in [0.3, 0.4) is 0 Å². The van der Waals surface area contributed by atoms with Crippen LogP contribution in [0, 0.1) is 5.82 Å². The van der Waals surface area contributed by atoms with Gasteiger partial charge >= 0.3 is 0 Å². The summed E-state index contributed by atoms with van der Waals surface area (Å²) in [5.41, 5.74) is 2.28. The van der Waals surface area contributed by atoms with Crippen molar-refractivity contribution in [2.75, 3.05) is 5.32 Å². The lowest BCUT2D eigenvalue weighted by Gasteiger charge is -2.24. The Morgan fingerprint density at radius 2 is 1.65 bits per heavy atom. The summed E-state index contributed by atoms with van der Waals surface area (Å²) in [6.45, 7) is 6.19. The van der Waals surface area contributed by atoms with Crippen molar-refractivity contribution < 1.29 is 4.39 Å². The number of hydrogen-bond acceptors (Lipinski definition) is 2. The number of pyridine rings is 1. The van der Waals surface area contributed by atoms with Gasteiger partial charge in [0.25, 0.3) is 0 Å². The summed E-state index contributed by atoms with van der Waals surface area (Å²) in [5.74, 6) is 0.428. The van der Waals surface area contributed by atoms with E-state index in [1.54, 1.807) is 12.1 Å². The fourth-order valence-electron chi connectivity index (χ4n) is 2.50. The number of aromatic nitrogens is 1. The van der Waals surface area contributed by atoms with Gasteiger partial charge in [-0.15, -0.1) is 0 Å². The molecule has 2 nitrogen and oxygen atoms in total. The number of halogens is 2. The van der Waals surface area contributed by atoms with Crippen molar-refractivity contribution in [3.05, 3.63) is 59.4 Å². The third kappa shape index (κ3) is 3.30. The summed E-state index contributed by atoms with van der Waals surface area (Å²) in [6.07, 6.45) is 0. The summed E-state index contributed by atoms with van der Waals surface area (Å²) >= 11 is 6.68. The van der Waals surface area contributed by atoms with Crippen molar-refractivity contribution >= 4 is 28.3 Å². The molecule has 118 valence electrons. The van der Waals surface area contributed by atoms with Crippen LogP contribution in [0.1, 0.15) is 20.8 Å². The van der Waals surface area contributed by atoms with E-state index >= 15 is 0 Å². The summed E-state index contributed by atoms with van der Waals surface area (Å²) in [7, 11) is 0. The van der Waals surface area contributed by atoms with Crippen LogP contribution in [-0.2, 0) is 0 Å². The van der Waals surface area contributed by atoms with E-state index in [1.165, 1.54) is 12.1 Å². The van der Waals surface area contributed by atoms with Crippen molar-refractivity contribution in [1.29, 1.82) is 0 Å². The van der Waals surface area contributed by atoms with E-state index in [0.717, 1.165) is 22.0 Å². The summed E-state index contributed by atoms with van der Waals surface area (Å²) in [5, 5.41) is 4.91. The van der Waals surface area contributed by atoms with Crippen molar-refractivity contribution in [2.45, 2.75) is 26.3 Å². The van der Waals surface area contributed by atoms with Gasteiger partial charge < -0.3 is 5.32 Å². The van der Waals surface area contributed by atoms with Crippen molar-refractivity contribution in [2.24, 2.45) is 0 Å². The lowest BCUT2D eigenvalue weighted by molar-refractivity contribution is 0.627. The molecule has 4 heteroatoms. The van der Waals surface area contributed by atoms with Crippen LogP contribution in [0.2, 0.25) is 5.02 Å². The SMILES string of the molecule is CC(C)(C)Nc1nc2ccccc2c(Cl)c1-c1ccc(F)cc1. The molecular weight excluding hydrogens is 311 g/mol. The monoisotopic (exact) mass is 328 g/mol. The van der Waals surface area contributed by atoms with Gasteiger partial charge in [0.15, 0.2) is 0 Å². The zero-order chi connectivity index (χ0) is 16.6. The normalized spacial score (nSPS) is 11.7. The number of nitrogens with zero attached hydrogens (tertiary/aromatic N) is 1. The van der Waals surface area contributed by atoms with Crippen LogP contribution in [-0.4, -0.2) is 10.5 Å². The smallest absolute Gasteiger partial charge is 0.136 e. The van der Waals surface area contributed by atoms with Crippen LogP contribution < -0.4 is 5.32 Å². The van der Waals surface area contributed by atoms with Crippen LogP contribution in [0.15, 0.2) is 48.5 Å². The number of rotatable bonds is 2. The maximum Gasteiger partial charge on any atom is 0.136 e. The Morgan fingerprint density at radius 1 is 1.00 bits per heavy atom. The molecule has 0 saturated heterocycles. The second kappa shape index (κ2) is 5.82. The van der Waals surface area contributed by atoms with Gasteiger partial charge in [0.05, 0.1) is 10.5 Å². The molecule has 0 aliphatic heterocycles. The highest BCUT2D eigenvalue weighted by Crippen LogP contribution is 2.39. The minimum absolute atomic E-state index is 0.173. The fraction of sp³-hybridized carbons (Fsp3) is 0.211. The predicted octanol–water partition coefficient (Wildman–Crippen LogP) is 5.90. The lowest BCUT2D eigenvalue weighted by Crippen LogP contribution is -2.27. The van der Waals surface area contributed by atoms with Gasteiger partial charge in [-0.3, -0.25) is 0 Å².